The van der Waals surface area contributed by atoms with Gasteiger partial charge in [0.05, 0.1) is 5.56 Å². The normalized spacial score (nSPS) is 17.0. The summed E-state index contributed by atoms with van der Waals surface area (Å²) < 4.78 is 1.75. The Labute approximate surface area is 162 Å². The van der Waals surface area contributed by atoms with Crippen molar-refractivity contribution in [2.24, 2.45) is 5.73 Å². The van der Waals surface area contributed by atoms with Crippen molar-refractivity contribution in [1.82, 2.24) is 14.5 Å². The number of fused-ring (bicyclic) bond motifs is 1. The quantitative estimate of drug-likeness (QED) is 0.727. The molecule has 2 aromatic carbocycles. The van der Waals surface area contributed by atoms with E-state index in [-0.39, 0.29) is 24.1 Å². The largest absolute Gasteiger partial charge is 0.507 e. The molecule has 1 fully saturated rings. The highest BCUT2D eigenvalue weighted by atomic mass is 16.3. The van der Waals surface area contributed by atoms with Gasteiger partial charge in [0.1, 0.15) is 18.1 Å². The lowest BCUT2D eigenvalue weighted by Gasteiger charge is -2.33. The highest BCUT2D eigenvalue weighted by Gasteiger charge is 2.30. The molecule has 1 aliphatic heterocycles. The van der Waals surface area contributed by atoms with Gasteiger partial charge in [-0.3, -0.25) is 9.59 Å². The van der Waals surface area contributed by atoms with Crippen molar-refractivity contribution in [3.8, 4) is 5.75 Å². The lowest BCUT2D eigenvalue weighted by molar-refractivity contribution is -0.118. The molecule has 1 aliphatic rings. The van der Waals surface area contributed by atoms with Crippen LogP contribution in [0.25, 0.3) is 10.8 Å². The van der Waals surface area contributed by atoms with Gasteiger partial charge in [-0.15, -0.1) is 0 Å². The van der Waals surface area contributed by atoms with Gasteiger partial charge < -0.3 is 20.3 Å². The Morgan fingerprint density at radius 2 is 2.04 bits per heavy atom. The SMILES string of the molecule is NC(=O)Cn1ccnc1C1CCCN(C(=O)c2c(O)ccc3ccccc23)C1. The minimum absolute atomic E-state index is 0.0129. The van der Waals surface area contributed by atoms with Gasteiger partial charge >= 0.3 is 0 Å². The summed E-state index contributed by atoms with van der Waals surface area (Å²) in [5.74, 6) is 0.152. The number of primary amides is 1. The van der Waals surface area contributed by atoms with Crippen molar-refractivity contribution in [3.05, 3.63) is 60.2 Å². The number of nitrogens with two attached hydrogens (primary N) is 1. The summed E-state index contributed by atoms with van der Waals surface area (Å²) in [6, 6.07) is 10.9. The summed E-state index contributed by atoms with van der Waals surface area (Å²) in [4.78, 5) is 30.7. The van der Waals surface area contributed by atoms with Crippen LogP contribution in [-0.4, -0.2) is 44.5 Å². The van der Waals surface area contributed by atoms with Gasteiger partial charge in [-0.1, -0.05) is 30.3 Å². The van der Waals surface area contributed by atoms with Crippen molar-refractivity contribution < 1.29 is 14.7 Å². The summed E-state index contributed by atoms with van der Waals surface area (Å²) in [7, 11) is 0. The molecule has 3 aromatic rings. The lowest BCUT2D eigenvalue weighted by atomic mass is 9.95. The number of benzene rings is 2. The van der Waals surface area contributed by atoms with E-state index in [2.05, 4.69) is 4.98 Å². The number of carbonyl (C=O) groups excluding carboxylic acids is 2. The Morgan fingerprint density at radius 1 is 1.21 bits per heavy atom. The predicted molar refractivity (Wildman–Crippen MR) is 105 cm³/mol. The highest BCUT2D eigenvalue weighted by Crippen LogP contribution is 2.32. The summed E-state index contributed by atoms with van der Waals surface area (Å²) in [6.07, 6.45) is 5.08. The zero-order valence-corrected chi connectivity index (χ0v) is 15.4. The molecule has 0 bridgehead atoms. The number of piperidine rings is 1. The second kappa shape index (κ2) is 7.34. The fourth-order valence-electron chi connectivity index (χ4n) is 4.00. The number of phenols is 1. The van der Waals surface area contributed by atoms with Crippen molar-refractivity contribution >= 4 is 22.6 Å². The number of rotatable bonds is 4. The van der Waals surface area contributed by atoms with Crippen LogP contribution < -0.4 is 5.73 Å². The number of imidazole rings is 1. The molecule has 2 amide bonds. The molecule has 2 heterocycles. The number of aromatic hydroxyl groups is 1. The molecule has 0 radical (unpaired) electrons. The number of amides is 2. The van der Waals surface area contributed by atoms with E-state index in [1.165, 1.54) is 0 Å². The smallest absolute Gasteiger partial charge is 0.258 e. The Bertz CT molecular complexity index is 1040. The minimum Gasteiger partial charge on any atom is -0.507 e. The fraction of sp³-hybridized carbons (Fsp3) is 0.286. The van der Waals surface area contributed by atoms with Gasteiger partial charge in [-0.05, 0) is 29.7 Å². The number of likely N-dealkylation sites (tertiary alicyclic amines) is 1. The topological polar surface area (TPSA) is 101 Å². The molecule has 28 heavy (non-hydrogen) atoms. The van der Waals surface area contributed by atoms with Gasteiger partial charge in [-0.25, -0.2) is 4.98 Å². The first-order valence-corrected chi connectivity index (χ1v) is 9.34. The van der Waals surface area contributed by atoms with Gasteiger partial charge in [0.2, 0.25) is 5.91 Å². The van der Waals surface area contributed by atoms with E-state index in [0.717, 1.165) is 29.4 Å². The van der Waals surface area contributed by atoms with Gasteiger partial charge in [0, 0.05) is 31.4 Å². The Kier molecular flexibility index (Phi) is 4.73. The second-order valence-electron chi connectivity index (χ2n) is 7.15. The molecule has 0 spiro atoms. The average Bonchev–Trinajstić information content (AvgIpc) is 3.15. The average molecular weight is 378 g/mol. The molecule has 1 aromatic heterocycles. The monoisotopic (exact) mass is 378 g/mol. The third-order valence-electron chi connectivity index (χ3n) is 5.27. The number of hydrogen-bond donors (Lipinski definition) is 2. The van der Waals surface area contributed by atoms with E-state index < -0.39 is 5.91 Å². The van der Waals surface area contributed by atoms with E-state index in [4.69, 9.17) is 5.73 Å². The molecule has 1 unspecified atom stereocenters. The maximum absolute atomic E-state index is 13.3. The van der Waals surface area contributed by atoms with Crippen molar-refractivity contribution in [2.45, 2.75) is 25.3 Å². The van der Waals surface area contributed by atoms with Crippen LogP contribution in [0.1, 0.15) is 34.9 Å². The summed E-state index contributed by atoms with van der Waals surface area (Å²) in [5, 5.41) is 12.0. The molecular formula is C21H22N4O3. The number of phenolic OH excluding ortho intramolecular Hbond substituents is 1. The van der Waals surface area contributed by atoms with E-state index in [0.29, 0.717) is 18.7 Å². The number of hydrogen-bond acceptors (Lipinski definition) is 4. The van der Waals surface area contributed by atoms with Crippen LogP contribution in [-0.2, 0) is 11.3 Å². The maximum Gasteiger partial charge on any atom is 0.258 e. The number of nitrogens with zero attached hydrogens (tertiary/aromatic N) is 3. The van der Waals surface area contributed by atoms with Crippen LogP contribution in [0.15, 0.2) is 48.8 Å². The standard InChI is InChI=1S/C21H22N4O3/c22-18(27)13-24-11-9-23-20(24)15-5-3-10-25(12-15)21(28)19-16-6-2-1-4-14(16)7-8-17(19)26/h1-2,4,6-9,11,15,26H,3,5,10,12-13H2,(H2,22,27). The zero-order chi connectivity index (χ0) is 19.7. The van der Waals surface area contributed by atoms with E-state index in [1.54, 1.807) is 34.0 Å². The molecule has 0 saturated carbocycles. The Hall–Kier alpha value is -3.35. The van der Waals surface area contributed by atoms with Crippen molar-refractivity contribution in [3.63, 3.8) is 0 Å². The van der Waals surface area contributed by atoms with Crippen LogP contribution in [0, 0.1) is 0 Å². The summed E-state index contributed by atoms with van der Waals surface area (Å²) in [6.45, 7) is 1.18. The summed E-state index contributed by atoms with van der Waals surface area (Å²) >= 11 is 0. The van der Waals surface area contributed by atoms with Gasteiger partial charge in [0.25, 0.3) is 5.91 Å². The van der Waals surface area contributed by atoms with Crippen LogP contribution in [0.5, 0.6) is 5.75 Å². The first-order chi connectivity index (χ1) is 13.5. The first-order valence-electron chi connectivity index (χ1n) is 9.34. The van der Waals surface area contributed by atoms with Crippen molar-refractivity contribution in [1.29, 1.82) is 0 Å². The maximum atomic E-state index is 13.3. The van der Waals surface area contributed by atoms with E-state index >= 15 is 0 Å². The third-order valence-corrected chi connectivity index (χ3v) is 5.27. The zero-order valence-electron chi connectivity index (χ0n) is 15.4. The summed E-state index contributed by atoms with van der Waals surface area (Å²) in [5.41, 5.74) is 5.66. The molecule has 7 nitrogen and oxygen atoms in total. The number of aromatic nitrogens is 2. The molecule has 1 atom stereocenters. The molecule has 4 rings (SSSR count). The highest BCUT2D eigenvalue weighted by molar-refractivity contribution is 6.09. The second-order valence-corrected chi connectivity index (χ2v) is 7.15. The van der Waals surface area contributed by atoms with Crippen molar-refractivity contribution in [2.75, 3.05) is 13.1 Å². The Balaban J connectivity index is 1.63. The van der Waals surface area contributed by atoms with Crippen LogP contribution in [0.4, 0.5) is 0 Å². The molecule has 0 aliphatic carbocycles. The van der Waals surface area contributed by atoms with Crippen LogP contribution in [0.2, 0.25) is 0 Å². The molecule has 144 valence electrons. The Morgan fingerprint density at radius 3 is 2.86 bits per heavy atom. The first kappa shape index (κ1) is 18.0. The van der Waals surface area contributed by atoms with Gasteiger partial charge in [-0.2, -0.15) is 0 Å². The van der Waals surface area contributed by atoms with E-state index in [1.807, 2.05) is 24.3 Å². The third kappa shape index (κ3) is 3.31. The molecule has 3 N–H and O–H groups in total. The van der Waals surface area contributed by atoms with Crippen LogP contribution in [0.3, 0.4) is 0 Å². The molecular weight excluding hydrogens is 356 g/mol. The molecule has 7 heteroatoms. The minimum atomic E-state index is -0.427. The van der Waals surface area contributed by atoms with Crippen LogP contribution >= 0.6 is 0 Å². The lowest BCUT2D eigenvalue weighted by Crippen LogP contribution is -2.40. The number of carbonyl (C=O) groups is 2. The van der Waals surface area contributed by atoms with Gasteiger partial charge in [0.15, 0.2) is 0 Å². The molecule has 1 saturated heterocycles. The van der Waals surface area contributed by atoms with E-state index in [9.17, 15) is 14.7 Å². The predicted octanol–water partition coefficient (Wildman–Crippen LogP) is 2.25. The fourth-order valence-corrected chi connectivity index (χ4v) is 4.00.